The number of hydrogen-bond acceptors (Lipinski definition) is 2. The van der Waals surface area contributed by atoms with Crippen molar-refractivity contribution in [2.24, 2.45) is 0 Å². The first-order valence-corrected chi connectivity index (χ1v) is 5.64. The number of carboxylic acids is 1. The zero-order valence-corrected chi connectivity index (χ0v) is 9.94. The van der Waals surface area contributed by atoms with Crippen LogP contribution in [0.15, 0.2) is 24.3 Å². The minimum atomic E-state index is -0.986. The predicted molar refractivity (Wildman–Crippen MR) is 64.9 cm³/mol. The summed E-state index contributed by atoms with van der Waals surface area (Å²) in [4.78, 5) is 10.2. The van der Waals surface area contributed by atoms with Crippen molar-refractivity contribution in [2.75, 3.05) is 0 Å². The van der Waals surface area contributed by atoms with Gasteiger partial charge in [0.05, 0.1) is 5.56 Å². The number of benzene rings is 1. The fourth-order valence-corrected chi connectivity index (χ4v) is 1.10. The highest BCUT2D eigenvalue weighted by Crippen LogP contribution is 2.08. The van der Waals surface area contributed by atoms with Crippen LogP contribution in [0.5, 0.6) is 5.75 Å². The average molecular weight is 224 g/mol. The molecular weight excluding hydrogens is 204 g/mol. The van der Waals surface area contributed by atoms with E-state index in [1.807, 2.05) is 0 Å². The smallest absolute Gasteiger partial charge is 0.335 e. The molecule has 0 aliphatic carbocycles. The monoisotopic (exact) mass is 224 g/mol. The molecule has 1 aromatic rings. The van der Waals surface area contributed by atoms with E-state index in [2.05, 4.69) is 13.8 Å². The van der Waals surface area contributed by atoms with Gasteiger partial charge in [0.2, 0.25) is 0 Å². The number of rotatable bonds is 4. The Hall–Kier alpha value is -1.51. The quantitative estimate of drug-likeness (QED) is 0.767. The maximum Gasteiger partial charge on any atom is 0.335 e. The van der Waals surface area contributed by atoms with Gasteiger partial charge in [0.1, 0.15) is 5.75 Å². The first-order chi connectivity index (χ1) is 7.61. The Morgan fingerprint density at radius 1 is 1.06 bits per heavy atom. The second-order valence-electron chi connectivity index (χ2n) is 3.56. The predicted octanol–water partition coefficient (Wildman–Crippen LogP) is 3.68. The summed E-state index contributed by atoms with van der Waals surface area (Å²) in [5, 5.41) is 17.1. The molecule has 2 N–H and O–H groups in total. The van der Waals surface area contributed by atoms with Gasteiger partial charge >= 0.3 is 5.97 Å². The standard InChI is InChI=1S/C7H6O3.C6H14/c8-6-3-1-5(2-4-6)7(9)10;1-3-5-6-4-2/h1-4,8H,(H,9,10);3-6H2,1-2H3. The number of phenols is 1. The van der Waals surface area contributed by atoms with Crippen LogP contribution in [-0.4, -0.2) is 16.2 Å². The molecule has 1 rings (SSSR count). The second-order valence-corrected chi connectivity index (χ2v) is 3.56. The van der Waals surface area contributed by atoms with Gasteiger partial charge in [0, 0.05) is 0 Å². The van der Waals surface area contributed by atoms with Gasteiger partial charge in [0.15, 0.2) is 0 Å². The Kier molecular flexibility index (Phi) is 7.94. The normalized spacial score (nSPS) is 9.12. The van der Waals surface area contributed by atoms with Crippen LogP contribution in [0.3, 0.4) is 0 Å². The molecule has 0 radical (unpaired) electrons. The van der Waals surface area contributed by atoms with Crippen LogP contribution in [0.1, 0.15) is 49.9 Å². The van der Waals surface area contributed by atoms with Gasteiger partial charge in [-0.25, -0.2) is 4.79 Å². The number of carbonyl (C=O) groups is 1. The number of aromatic carboxylic acids is 1. The molecule has 0 aliphatic heterocycles. The summed E-state index contributed by atoms with van der Waals surface area (Å²) in [6.07, 6.45) is 5.54. The van der Waals surface area contributed by atoms with Gasteiger partial charge in [0.25, 0.3) is 0 Å². The Morgan fingerprint density at radius 3 is 1.81 bits per heavy atom. The lowest BCUT2D eigenvalue weighted by Gasteiger charge is -1.92. The molecule has 0 bridgehead atoms. The van der Waals surface area contributed by atoms with E-state index in [0.29, 0.717) is 0 Å². The number of aromatic hydroxyl groups is 1. The first-order valence-electron chi connectivity index (χ1n) is 5.64. The van der Waals surface area contributed by atoms with Crippen LogP contribution in [0, 0.1) is 0 Å². The van der Waals surface area contributed by atoms with Crippen LogP contribution in [0.2, 0.25) is 0 Å². The maximum absolute atomic E-state index is 10.2. The summed E-state index contributed by atoms with van der Waals surface area (Å²) in [6.45, 7) is 4.46. The molecule has 90 valence electrons. The number of phenolic OH excluding ortho intramolecular Hbond substituents is 1. The van der Waals surface area contributed by atoms with Crippen molar-refractivity contribution >= 4 is 5.97 Å². The molecule has 1 aromatic carbocycles. The molecule has 0 unspecified atom stereocenters. The second kappa shape index (κ2) is 8.77. The molecule has 0 saturated carbocycles. The Labute approximate surface area is 96.7 Å². The number of hydrogen-bond donors (Lipinski definition) is 2. The maximum atomic E-state index is 10.2. The molecule has 0 aliphatic rings. The molecule has 0 saturated heterocycles. The van der Waals surface area contributed by atoms with Gasteiger partial charge in [-0.2, -0.15) is 0 Å². The fourth-order valence-electron chi connectivity index (χ4n) is 1.10. The third kappa shape index (κ3) is 6.87. The van der Waals surface area contributed by atoms with E-state index in [-0.39, 0.29) is 11.3 Å². The van der Waals surface area contributed by atoms with Crippen LogP contribution in [-0.2, 0) is 0 Å². The minimum absolute atomic E-state index is 0.0741. The molecule has 0 spiro atoms. The highest BCUT2D eigenvalue weighted by molar-refractivity contribution is 5.87. The largest absolute Gasteiger partial charge is 0.508 e. The van der Waals surface area contributed by atoms with Crippen molar-refractivity contribution in [1.29, 1.82) is 0 Å². The third-order valence-corrected chi connectivity index (χ3v) is 2.07. The Bertz CT molecular complexity index is 287. The van der Waals surface area contributed by atoms with Crippen molar-refractivity contribution in [2.45, 2.75) is 39.5 Å². The summed E-state index contributed by atoms with van der Waals surface area (Å²) in [5.74, 6) is -0.912. The van der Waals surface area contributed by atoms with E-state index in [1.165, 1.54) is 49.9 Å². The topological polar surface area (TPSA) is 57.5 Å². The highest BCUT2D eigenvalue weighted by atomic mass is 16.4. The van der Waals surface area contributed by atoms with Gasteiger partial charge in [-0.3, -0.25) is 0 Å². The van der Waals surface area contributed by atoms with E-state index >= 15 is 0 Å². The number of unbranched alkanes of at least 4 members (excludes halogenated alkanes) is 3. The van der Waals surface area contributed by atoms with Crippen molar-refractivity contribution in [3.8, 4) is 5.75 Å². The van der Waals surface area contributed by atoms with Crippen LogP contribution < -0.4 is 0 Å². The summed E-state index contributed by atoms with van der Waals surface area (Å²) in [6, 6.07) is 5.36. The molecule has 0 atom stereocenters. The summed E-state index contributed by atoms with van der Waals surface area (Å²) in [7, 11) is 0. The molecule has 0 amide bonds. The van der Waals surface area contributed by atoms with E-state index in [1.54, 1.807) is 0 Å². The van der Waals surface area contributed by atoms with E-state index in [4.69, 9.17) is 10.2 Å². The van der Waals surface area contributed by atoms with Crippen molar-refractivity contribution in [3.05, 3.63) is 29.8 Å². The van der Waals surface area contributed by atoms with Gasteiger partial charge in [-0.1, -0.05) is 39.5 Å². The van der Waals surface area contributed by atoms with E-state index in [9.17, 15) is 4.79 Å². The molecule has 0 aromatic heterocycles. The summed E-state index contributed by atoms with van der Waals surface area (Å²) in [5.41, 5.74) is 0.179. The molecule has 0 fully saturated rings. The zero-order chi connectivity index (χ0) is 12.4. The average Bonchev–Trinajstić information content (AvgIpc) is 2.28. The molecule has 0 heterocycles. The third-order valence-electron chi connectivity index (χ3n) is 2.07. The fraction of sp³-hybridized carbons (Fsp3) is 0.462. The van der Waals surface area contributed by atoms with Crippen molar-refractivity contribution in [3.63, 3.8) is 0 Å². The van der Waals surface area contributed by atoms with Gasteiger partial charge < -0.3 is 10.2 Å². The molecule has 3 heteroatoms. The lowest BCUT2D eigenvalue weighted by atomic mass is 10.2. The van der Waals surface area contributed by atoms with Gasteiger partial charge in [-0.05, 0) is 24.3 Å². The van der Waals surface area contributed by atoms with Gasteiger partial charge in [-0.15, -0.1) is 0 Å². The lowest BCUT2D eigenvalue weighted by molar-refractivity contribution is 0.0697. The minimum Gasteiger partial charge on any atom is -0.508 e. The first kappa shape index (κ1) is 14.5. The van der Waals surface area contributed by atoms with E-state index in [0.717, 1.165) is 0 Å². The van der Waals surface area contributed by atoms with Crippen LogP contribution in [0.4, 0.5) is 0 Å². The Balaban J connectivity index is 0.000000325. The van der Waals surface area contributed by atoms with Crippen LogP contribution >= 0.6 is 0 Å². The van der Waals surface area contributed by atoms with Crippen molar-refractivity contribution in [1.82, 2.24) is 0 Å². The molecule has 16 heavy (non-hydrogen) atoms. The highest BCUT2D eigenvalue weighted by Gasteiger charge is 1.99. The van der Waals surface area contributed by atoms with Crippen LogP contribution in [0.25, 0.3) is 0 Å². The summed E-state index contributed by atoms with van der Waals surface area (Å²) >= 11 is 0. The zero-order valence-electron chi connectivity index (χ0n) is 9.94. The Morgan fingerprint density at radius 2 is 1.50 bits per heavy atom. The SMILES string of the molecule is CCCCCC.O=C(O)c1ccc(O)cc1. The van der Waals surface area contributed by atoms with E-state index < -0.39 is 5.97 Å². The van der Waals surface area contributed by atoms with Crippen molar-refractivity contribution < 1.29 is 15.0 Å². The lowest BCUT2D eigenvalue weighted by Crippen LogP contribution is -1.93. The number of carboxylic acid groups (broad SMARTS) is 1. The summed E-state index contributed by atoms with van der Waals surface area (Å²) < 4.78 is 0. The molecule has 3 nitrogen and oxygen atoms in total. The molecular formula is C13H20O3.